The van der Waals surface area contributed by atoms with Gasteiger partial charge in [0.2, 0.25) is 0 Å². The number of benzene rings is 1. The highest BCUT2D eigenvalue weighted by molar-refractivity contribution is 5.99. The lowest BCUT2D eigenvalue weighted by Gasteiger charge is -2.24. The van der Waals surface area contributed by atoms with Gasteiger partial charge >= 0.3 is 0 Å². The topological polar surface area (TPSA) is 17.1 Å². The highest BCUT2D eigenvalue weighted by atomic mass is 19.2. The lowest BCUT2D eigenvalue weighted by atomic mass is 9.79. The molecule has 3 heteroatoms. The second kappa shape index (κ2) is 2.65. The minimum absolute atomic E-state index is 0.00220. The molecule has 0 bridgehead atoms. The molecule has 0 radical (unpaired) electrons. The molecule has 0 aromatic heterocycles. The Morgan fingerprint density at radius 2 is 1.73 bits per heavy atom. The molecule has 1 aromatic carbocycles. The molecule has 1 nitrogen and oxygen atoms in total. The van der Waals surface area contributed by atoms with Gasteiger partial charge in [-0.15, -0.1) is 0 Å². The van der Waals surface area contributed by atoms with E-state index < -0.39 is 11.6 Å². The van der Waals surface area contributed by atoms with Gasteiger partial charge in [-0.2, -0.15) is 0 Å². The van der Waals surface area contributed by atoms with Gasteiger partial charge < -0.3 is 0 Å². The Morgan fingerprint density at radius 3 is 2.40 bits per heavy atom. The summed E-state index contributed by atoms with van der Waals surface area (Å²) < 4.78 is 26.1. The summed E-state index contributed by atoms with van der Waals surface area (Å²) in [6.07, 6.45) is 3.26. The van der Waals surface area contributed by atoms with Gasteiger partial charge in [0.1, 0.15) is 0 Å². The summed E-state index contributed by atoms with van der Waals surface area (Å²) >= 11 is 0. The van der Waals surface area contributed by atoms with Gasteiger partial charge in [0.25, 0.3) is 0 Å². The second-order valence-electron chi connectivity index (χ2n) is 4.52. The van der Waals surface area contributed by atoms with E-state index in [-0.39, 0.29) is 11.2 Å². The van der Waals surface area contributed by atoms with Crippen molar-refractivity contribution in [1.29, 1.82) is 0 Å². The van der Waals surface area contributed by atoms with Crippen molar-refractivity contribution >= 4 is 5.78 Å². The zero-order valence-electron chi connectivity index (χ0n) is 8.15. The third-order valence-corrected chi connectivity index (χ3v) is 3.62. The molecule has 0 N–H and O–H groups in total. The van der Waals surface area contributed by atoms with Crippen LogP contribution in [-0.2, 0) is 5.41 Å². The molecule has 0 aliphatic heterocycles. The zero-order chi connectivity index (χ0) is 10.6. The second-order valence-corrected chi connectivity index (χ2v) is 4.52. The van der Waals surface area contributed by atoms with E-state index in [9.17, 15) is 13.6 Å². The van der Waals surface area contributed by atoms with Crippen molar-refractivity contribution in [2.75, 3.05) is 0 Å². The highest BCUT2D eigenvalue weighted by Crippen LogP contribution is 2.55. The lowest BCUT2D eigenvalue weighted by molar-refractivity contribution is 0.0963. The van der Waals surface area contributed by atoms with Crippen LogP contribution >= 0.6 is 0 Å². The minimum Gasteiger partial charge on any atom is -0.294 e. The maximum atomic E-state index is 13.1. The summed E-state index contributed by atoms with van der Waals surface area (Å²) in [5, 5.41) is 0. The van der Waals surface area contributed by atoms with Crippen molar-refractivity contribution in [3.05, 3.63) is 34.9 Å². The summed E-state index contributed by atoms with van der Waals surface area (Å²) in [6.45, 7) is 0. The molecule has 78 valence electrons. The Hall–Kier alpha value is -1.25. The smallest absolute Gasteiger partial charge is 0.163 e. The first-order valence-electron chi connectivity index (χ1n) is 5.15. The van der Waals surface area contributed by atoms with Crippen LogP contribution in [-0.4, -0.2) is 5.78 Å². The first-order valence-corrected chi connectivity index (χ1v) is 5.15. The van der Waals surface area contributed by atoms with Gasteiger partial charge in [-0.05, 0) is 42.4 Å². The predicted octanol–water partition coefficient (Wildman–Crippen LogP) is 2.97. The van der Waals surface area contributed by atoms with Crippen LogP contribution in [0, 0.1) is 11.6 Å². The molecule has 0 heterocycles. The van der Waals surface area contributed by atoms with E-state index in [0.29, 0.717) is 12.0 Å². The Kier molecular flexibility index (Phi) is 1.59. The summed E-state index contributed by atoms with van der Waals surface area (Å²) in [4.78, 5) is 11.6. The van der Waals surface area contributed by atoms with Crippen LogP contribution in [0.25, 0.3) is 0 Å². The average molecular weight is 208 g/mol. The summed E-state index contributed by atoms with van der Waals surface area (Å²) in [5.74, 6) is -1.81. The first kappa shape index (κ1) is 9.01. The van der Waals surface area contributed by atoms with E-state index >= 15 is 0 Å². The first-order chi connectivity index (χ1) is 7.12. The Labute approximate surface area is 86.1 Å². The molecule has 0 unspecified atom stereocenters. The van der Waals surface area contributed by atoms with Crippen molar-refractivity contribution in [3.63, 3.8) is 0 Å². The van der Waals surface area contributed by atoms with Crippen molar-refractivity contribution in [3.8, 4) is 0 Å². The van der Waals surface area contributed by atoms with Gasteiger partial charge in [0.05, 0.1) is 0 Å². The van der Waals surface area contributed by atoms with Crippen LogP contribution in [0.15, 0.2) is 12.1 Å². The fourth-order valence-electron chi connectivity index (χ4n) is 2.51. The van der Waals surface area contributed by atoms with E-state index in [1.165, 1.54) is 6.07 Å². The fraction of sp³-hybridized carbons (Fsp3) is 0.417. The molecule has 2 aliphatic rings. The van der Waals surface area contributed by atoms with Gasteiger partial charge in [0, 0.05) is 12.0 Å². The monoisotopic (exact) mass is 208 g/mol. The molecule has 0 saturated heterocycles. The van der Waals surface area contributed by atoms with Crippen LogP contribution in [0.2, 0.25) is 0 Å². The number of carbonyl (C=O) groups is 1. The number of hydrogen-bond acceptors (Lipinski definition) is 1. The number of halogens is 2. The molecular weight excluding hydrogens is 198 g/mol. The quantitative estimate of drug-likeness (QED) is 0.640. The van der Waals surface area contributed by atoms with Crippen molar-refractivity contribution < 1.29 is 13.6 Å². The minimum atomic E-state index is -0.917. The van der Waals surface area contributed by atoms with E-state index in [1.807, 2.05) is 0 Å². The number of fused-ring (bicyclic) bond motifs is 2. The van der Waals surface area contributed by atoms with Crippen LogP contribution in [0.1, 0.15) is 41.6 Å². The summed E-state index contributed by atoms with van der Waals surface area (Å²) in [5.41, 5.74) is 1.13. The number of ketones is 1. The maximum Gasteiger partial charge on any atom is 0.163 e. The normalized spacial score (nSPS) is 21.6. The zero-order valence-corrected chi connectivity index (χ0v) is 8.15. The van der Waals surface area contributed by atoms with E-state index in [4.69, 9.17) is 0 Å². The largest absolute Gasteiger partial charge is 0.294 e. The number of Topliss-reactive ketones (excluding diaryl/α,β-unsaturated/α-hetero) is 1. The van der Waals surface area contributed by atoms with Gasteiger partial charge in [-0.3, -0.25) is 4.79 Å². The van der Waals surface area contributed by atoms with Gasteiger partial charge in [-0.25, -0.2) is 8.78 Å². The molecule has 1 saturated carbocycles. The Morgan fingerprint density at radius 1 is 1.07 bits per heavy atom. The maximum absolute atomic E-state index is 13.1. The Bertz CT molecular complexity index is 461. The number of rotatable bonds is 0. The van der Waals surface area contributed by atoms with Crippen LogP contribution in [0.3, 0.4) is 0 Å². The molecule has 3 rings (SSSR count). The fourth-order valence-corrected chi connectivity index (χ4v) is 2.51. The third-order valence-electron chi connectivity index (χ3n) is 3.62. The van der Waals surface area contributed by atoms with Crippen molar-refractivity contribution in [1.82, 2.24) is 0 Å². The average Bonchev–Trinajstić information content (AvgIpc) is 2.97. The molecule has 0 atom stereocenters. The van der Waals surface area contributed by atoms with Gasteiger partial charge in [0.15, 0.2) is 17.4 Å². The van der Waals surface area contributed by atoms with E-state index in [0.717, 1.165) is 30.9 Å². The molecule has 2 aliphatic carbocycles. The number of carbonyl (C=O) groups excluding carboxylic acids is 1. The third kappa shape index (κ3) is 1.15. The highest BCUT2D eigenvalue weighted by Gasteiger charge is 2.48. The molecule has 1 spiro atoms. The molecular formula is C12H10F2O. The standard InChI is InChI=1S/C12H10F2O/c13-9-5-7-8(6-10(9)14)12(3-4-12)2-1-11(7)15/h5-6H,1-4H2. The van der Waals surface area contributed by atoms with E-state index in [2.05, 4.69) is 0 Å². The van der Waals surface area contributed by atoms with Crippen LogP contribution < -0.4 is 0 Å². The lowest BCUT2D eigenvalue weighted by Crippen LogP contribution is -2.21. The van der Waals surface area contributed by atoms with E-state index in [1.54, 1.807) is 0 Å². The summed E-state index contributed by atoms with van der Waals surface area (Å²) in [7, 11) is 0. The molecule has 0 amide bonds. The predicted molar refractivity (Wildman–Crippen MR) is 50.8 cm³/mol. The van der Waals surface area contributed by atoms with Crippen molar-refractivity contribution in [2.45, 2.75) is 31.1 Å². The van der Waals surface area contributed by atoms with Crippen molar-refractivity contribution in [2.24, 2.45) is 0 Å². The SMILES string of the molecule is O=C1CCC2(CC2)c2cc(F)c(F)cc21. The van der Waals surface area contributed by atoms with Crippen LogP contribution in [0.4, 0.5) is 8.78 Å². The number of hydrogen-bond donors (Lipinski definition) is 0. The van der Waals surface area contributed by atoms with Crippen LogP contribution in [0.5, 0.6) is 0 Å². The van der Waals surface area contributed by atoms with Gasteiger partial charge in [-0.1, -0.05) is 0 Å². The summed E-state index contributed by atoms with van der Waals surface area (Å²) in [6, 6.07) is 2.28. The Balaban J connectivity index is 2.24. The molecule has 1 aromatic rings. The molecule has 1 fully saturated rings. The molecule has 15 heavy (non-hydrogen) atoms.